The first kappa shape index (κ1) is 12.0. The third kappa shape index (κ3) is 3.01. The van der Waals surface area contributed by atoms with Gasteiger partial charge in [0.15, 0.2) is 5.17 Å². The number of hydrogen-bond acceptors (Lipinski definition) is 3. The van der Waals surface area contributed by atoms with E-state index in [4.69, 9.17) is 0 Å². The van der Waals surface area contributed by atoms with Crippen molar-refractivity contribution in [2.24, 2.45) is 4.99 Å². The zero-order chi connectivity index (χ0) is 11.4. The van der Waals surface area contributed by atoms with Crippen LogP contribution in [0, 0.1) is 0 Å². The summed E-state index contributed by atoms with van der Waals surface area (Å²) in [5.74, 6) is 0. The standard InChI is InChI=1S/C12H15BrN2S/c1-15(9-10-5-3-2-4-6-10)12-14-8-11(7-13)16-12/h2-6,11H,7-9H2,1H3/t11-/m1/s1. The van der Waals surface area contributed by atoms with Crippen LogP contribution in [-0.2, 0) is 6.54 Å². The van der Waals surface area contributed by atoms with Gasteiger partial charge in [-0.2, -0.15) is 0 Å². The number of nitrogens with zero attached hydrogens (tertiary/aromatic N) is 2. The van der Waals surface area contributed by atoms with Gasteiger partial charge < -0.3 is 4.90 Å². The van der Waals surface area contributed by atoms with Crippen molar-refractivity contribution in [1.29, 1.82) is 0 Å². The predicted molar refractivity (Wildman–Crippen MR) is 75.4 cm³/mol. The Balaban J connectivity index is 1.92. The lowest BCUT2D eigenvalue weighted by Gasteiger charge is -2.18. The van der Waals surface area contributed by atoms with Crippen molar-refractivity contribution in [1.82, 2.24) is 4.90 Å². The third-order valence-electron chi connectivity index (χ3n) is 2.46. The lowest BCUT2D eigenvalue weighted by Crippen LogP contribution is -2.22. The molecule has 0 saturated carbocycles. The van der Waals surface area contributed by atoms with E-state index >= 15 is 0 Å². The molecule has 0 radical (unpaired) electrons. The Labute approximate surface area is 109 Å². The molecule has 1 heterocycles. The van der Waals surface area contributed by atoms with Gasteiger partial charge in [0.05, 0.1) is 6.54 Å². The molecule has 0 N–H and O–H groups in total. The van der Waals surface area contributed by atoms with Crippen LogP contribution in [-0.4, -0.2) is 34.2 Å². The van der Waals surface area contributed by atoms with Crippen molar-refractivity contribution in [3.8, 4) is 0 Å². The summed E-state index contributed by atoms with van der Waals surface area (Å²) < 4.78 is 0. The van der Waals surface area contributed by atoms with Crippen molar-refractivity contribution in [3.05, 3.63) is 35.9 Å². The molecule has 86 valence electrons. The summed E-state index contributed by atoms with van der Waals surface area (Å²) in [6, 6.07) is 10.5. The highest BCUT2D eigenvalue weighted by Crippen LogP contribution is 2.24. The minimum atomic E-state index is 0.605. The SMILES string of the molecule is CN(Cc1ccccc1)C1=NC[C@@H](CBr)S1. The van der Waals surface area contributed by atoms with Gasteiger partial charge in [0.25, 0.3) is 0 Å². The molecule has 0 spiro atoms. The first-order valence-electron chi connectivity index (χ1n) is 5.31. The lowest BCUT2D eigenvalue weighted by atomic mass is 10.2. The average Bonchev–Trinajstić information content (AvgIpc) is 2.79. The van der Waals surface area contributed by atoms with Crippen LogP contribution in [0.3, 0.4) is 0 Å². The minimum Gasteiger partial charge on any atom is -0.350 e. The summed E-state index contributed by atoms with van der Waals surface area (Å²) in [5, 5.41) is 2.78. The molecule has 0 saturated heterocycles. The lowest BCUT2D eigenvalue weighted by molar-refractivity contribution is 0.510. The van der Waals surface area contributed by atoms with Crippen LogP contribution in [0.5, 0.6) is 0 Å². The van der Waals surface area contributed by atoms with Crippen LogP contribution in [0.25, 0.3) is 0 Å². The Morgan fingerprint density at radius 3 is 2.81 bits per heavy atom. The fraction of sp³-hybridized carbons (Fsp3) is 0.417. The van der Waals surface area contributed by atoms with Crippen molar-refractivity contribution in [2.45, 2.75) is 11.8 Å². The predicted octanol–water partition coefficient (Wildman–Crippen LogP) is 2.98. The van der Waals surface area contributed by atoms with E-state index in [-0.39, 0.29) is 0 Å². The normalized spacial score (nSPS) is 19.6. The second-order valence-corrected chi connectivity index (χ2v) is 5.77. The molecule has 0 bridgehead atoms. The summed E-state index contributed by atoms with van der Waals surface area (Å²) in [5.41, 5.74) is 1.33. The molecule has 0 fully saturated rings. The second-order valence-electron chi connectivity index (χ2n) is 3.86. The Kier molecular flexibility index (Phi) is 4.29. The van der Waals surface area contributed by atoms with Crippen LogP contribution in [0.4, 0.5) is 0 Å². The van der Waals surface area contributed by atoms with Crippen LogP contribution in [0.2, 0.25) is 0 Å². The summed E-state index contributed by atoms with van der Waals surface area (Å²) in [6.45, 7) is 1.87. The number of amidine groups is 1. The Morgan fingerprint density at radius 1 is 1.44 bits per heavy atom. The zero-order valence-corrected chi connectivity index (χ0v) is 11.7. The van der Waals surface area contributed by atoms with E-state index in [0.29, 0.717) is 5.25 Å². The Hall–Kier alpha value is -0.480. The molecule has 0 unspecified atom stereocenters. The molecule has 0 aromatic heterocycles. The number of hydrogen-bond donors (Lipinski definition) is 0. The van der Waals surface area contributed by atoms with Gasteiger partial charge in [0.1, 0.15) is 0 Å². The number of halogens is 1. The molecular weight excluding hydrogens is 284 g/mol. The smallest absolute Gasteiger partial charge is 0.159 e. The van der Waals surface area contributed by atoms with Crippen molar-refractivity contribution < 1.29 is 0 Å². The van der Waals surface area contributed by atoms with Crippen molar-refractivity contribution >= 4 is 32.9 Å². The van der Waals surface area contributed by atoms with E-state index < -0.39 is 0 Å². The van der Waals surface area contributed by atoms with Gasteiger partial charge in [-0.1, -0.05) is 58.0 Å². The monoisotopic (exact) mass is 298 g/mol. The fourth-order valence-electron chi connectivity index (χ4n) is 1.62. The van der Waals surface area contributed by atoms with Crippen LogP contribution < -0.4 is 0 Å². The maximum absolute atomic E-state index is 4.56. The molecule has 1 aliphatic rings. The van der Waals surface area contributed by atoms with E-state index in [2.05, 4.69) is 57.1 Å². The van der Waals surface area contributed by atoms with Gasteiger partial charge in [-0.25, -0.2) is 0 Å². The molecule has 1 aromatic rings. The molecule has 4 heteroatoms. The van der Waals surface area contributed by atoms with Crippen LogP contribution in [0.1, 0.15) is 5.56 Å². The van der Waals surface area contributed by atoms with Gasteiger partial charge in [0.2, 0.25) is 0 Å². The number of alkyl halides is 1. The fourth-order valence-corrected chi connectivity index (χ4v) is 3.12. The maximum Gasteiger partial charge on any atom is 0.159 e. The summed E-state index contributed by atoms with van der Waals surface area (Å²) in [7, 11) is 2.11. The van der Waals surface area contributed by atoms with Crippen LogP contribution in [0.15, 0.2) is 35.3 Å². The van der Waals surface area contributed by atoms with Gasteiger partial charge in [0, 0.05) is 24.2 Å². The number of thioether (sulfide) groups is 1. The third-order valence-corrected chi connectivity index (χ3v) is 4.97. The largest absolute Gasteiger partial charge is 0.350 e. The molecule has 0 aliphatic carbocycles. The first-order valence-corrected chi connectivity index (χ1v) is 7.32. The number of benzene rings is 1. The highest BCUT2D eigenvalue weighted by molar-refractivity contribution is 9.09. The molecule has 1 atom stereocenters. The summed E-state index contributed by atoms with van der Waals surface area (Å²) in [4.78, 5) is 6.78. The molecule has 1 aromatic carbocycles. The molecule has 2 rings (SSSR count). The van der Waals surface area contributed by atoms with E-state index in [1.807, 2.05) is 17.8 Å². The molecule has 16 heavy (non-hydrogen) atoms. The number of aliphatic imine (C=N–C) groups is 1. The zero-order valence-electron chi connectivity index (χ0n) is 9.27. The van der Waals surface area contributed by atoms with Gasteiger partial charge in [-0.3, -0.25) is 4.99 Å². The maximum atomic E-state index is 4.56. The van der Waals surface area contributed by atoms with E-state index in [1.165, 1.54) is 5.56 Å². The molecule has 1 aliphatic heterocycles. The highest BCUT2D eigenvalue weighted by atomic mass is 79.9. The Morgan fingerprint density at radius 2 is 2.19 bits per heavy atom. The molecular formula is C12H15BrN2S. The summed E-state index contributed by atoms with van der Waals surface area (Å²) >= 11 is 5.37. The minimum absolute atomic E-state index is 0.605. The van der Waals surface area contributed by atoms with Gasteiger partial charge >= 0.3 is 0 Å². The van der Waals surface area contributed by atoms with E-state index in [9.17, 15) is 0 Å². The van der Waals surface area contributed by atoms with Gasteiger partial charge in [-0.15, -0.1) is 0 Å². The Bertz CT molecular complexity index is 367. The molecule has 0 amide bonds. The topological polar surface area (TPSA) is 15.6 Å². The van der Waals surface area contributed by atoms with Crippen molar-refractivity contribution in [2.75, 3.05) is 18.9 Å². The average molecular weight is 299 g/mol. The quantitative estimate of drug-likeness (QED) is 0.797. The number of rotatable bonds is 3. The second kappa shape index (κ2) is 5.73. The first-order chi connectivity index (χ1) is 7.79. The molecule has 2 nitrogen and oxygen atoms in total. The van der Waals surface area contributed by atoms with Crippen molar-refractivity contribution in [3.63, 3.8) is 0 Å². The van der Waals surface area contributed by atoms with Gasteiger partial charge in [-0.05, 0) is 5.56 Å². The van der Waals surface area contributed by atoms with E-state index in [1.54, 1.807) is 0 Å². The van der Waals surface area contributed by atoms with Crippen LogP contribution >= 0.6 is 27.7 Å². The summed E-state index contributed by atoms with van der Waals surface area (Å²) in [6.07, 6.45) is 0. The highest BCUT2D eigenvalue weighted by Gasteiger charge is 2.20. The van der Waals surface area contributed by atoms with E-state index in [0.717, 1.165) is 23.6 Å².